The second-order valence-electron chi connectivity index (χ2n) is 2.96. The molecule has 1 heterocycles. The van der Waals surface area contributed by atoms with Crippen LogP contribution in [-0.4, -0.2) is 10.4 Å². The summed E-state index contributed by atoms with van der Waals surface area (Å²) in [5.41, 5.74) is 5.87. The van der Waals surface area contributed by atoms with Crippen molar-refractivity contribution in [3.05, 3.63) is 35.8 Å². The molecule has 1 aromatic rings. The van der Waals surface area contributed by atoms with Crippen LogP contribution in [0.15, 0.2) is 35.8 Å². The highest BCUT2D eigenvalue weighted by atomic mass is 16.5. The Morgan fingerprint density at radius 3 is 2.20 bits per heavy atom. The van der Waals surface area contributed by atoms with Gasteiger partial charge in [0, 0.05) is 0 Å². The highest BCUT2D eigenvalue weighted by Gasteiger charge is 2.27. The largest absolute Gasteiger partial charge is 0.381 e. The summed E-state index contributed by atoms with van der Waals surface area (Å²) in [6, 6.07) is 8.18. The lowest BCUT2D eigenvalue weighted by Crippen LogP contribution is -2.36. The lowest BCUT2D eigenvalue weighted by molar-refractivity contribution is 0.250. The van der Waals surface area contributed by atoms with Crippen molar-refractivity contribution in [3.8, 4) is 6.07 Å². The number of allylic oxidation sites excluding steroid dienone is 1. The van der Waals surface area contributed by atoms with Crippen LogP contribution in [-0.2, 0) is 0 Å². The van der Waals surface area contributed by atoms with E-state index in [2.05, 4.69) is 0 Å². The second-order valence-corrected chi connectivity index (χ2v) is 2.96. The van der Waals surface area contributed by atoms with E-state index in [1.807, 2.05) is 0 Å². The minimum Gasteiger partial charge on any atom is -0.381 e. The highest BCUT2D eigenvalue weighted by Crippen LogP contribution is 2.35. The lowest BCUT2D eigenvalue weighted by Gasteiger charge is -2.30. The van der Waals surface area contributed by atoms with Crippen LogP contribution >= 0.6 is 0 Å². The van der Waals surface area contributed by atoms with Crippen LogP contribution < -0.4 is 15.9 Å². The topological polar surface area (TPSA) is 96.8 Å². The number of anilines is 2. The predicted octanol–water partition coefficient (Wildman–Crippen LogP) is 0.743. The van der Waals surface area contributed by atoms with Gasteiger partial charge in [0.25, 0.3) is 0 Å². The smallest absolute Gasteiger partial charge is 0.189 e. The molecule has 4 N–H and O–H groups in total. The van der Waals surface area contributed by atoms with E-state index in [1.54, 1.807) is 30.3 Å². The Balaban J connectivity index is 2.64. The Labute approximate surface area is 85.6 Å². The summed E-state index contributed by atoms with van der Waals surface area (Å²) in [6.07, 6.45) is 0. The molecule has 1 aliphatic rings. The fourth-order valence-electron chi connectivity index (χ4n) is 1.39. The molecular formula is C9H8N4O2. The Bertz CT molecular complexity index is 477. The van der Waals surface area contributed by atoms with Crippen LogP contribution in [0.1, 0.15) is 0 Å². The summed E-state index contributed by atoms with van der Waals surface area (Å²) in [6.45, 7) is 0. The van der Waals surface area contributed by atoms with Gasteiger partial charge in [-0.15, -0.1) is 0 Å². The van der Waals surface area contributed by atoms with Gasteiger partial charge in [0.05, 0.1) is 11.4 Å². The average molecular weight is 204 g/mol. The van der Waals surface area contributed by atoms with Crippen LogP contribution in [0.3, 0.4) is 0 Å². The zero-order valence-electron chi connectivity index (χ0n) is 7.62. The molecule has 1 aromatic carbocycles. The van der Waals surface area contributed by atoms with Gasteiger partial charge in [0.1, 0.15) is 6.07 Å². The third-order valence-electron chi connectivity index (χ3n) is 2.13. The fourth-order valence-corrected chi connectivity index (χ4v) is 1.39. The highest BCUT2D eigenvalue weighted by molar-refractivity contribution is 5.77. The fraction of sp³-hybridized carbons (Fsp3) is 0. The maximum absolute atomic E-state index is 9.64. The molecule has 0 spiro atoms. The Morgan fingerprint density at radius 1 is 1.13 bits per heavy atom. The summed E-state index contributed by atoms with van der Waals surface area (Å²) in [5.74, 6) is -0.210. The van der Waals surface area contributed by atoms with Gasteiger partial charge in [0.15, 0.2) is 11.5 Å². The molecule has 0 saturated carbocycles. The summed E-state index contributed by atoms with van der Waals surface area (Å²) in [7, 11) is 0. The maximum atomic E-state index is 9.64. The summed E-state index contributed by atoms with van der Waals surface area (Å²) >= 11 is 0. The lowest BCUT2D eigenvalue weighted by atomic mass is 10.2. The van der Waals surface area contributed by atoms with E-state index < -0.39 is 0 Å². The summed E-state index contributed by atoms with van der Waals surface area (Å²) < 4.78 is 0. The number of nitrogens with zero attached hydrogens (tertiary/aromatic N) is 3. The first-order valence-corrected chi connectivity index (χ1v) is 4.13. The SMILES string of the molecule is N#CC1=C(N)N(O)c2ccccc2N1O. The number of benzene rings is 1. The average Bonchev–Trinajstić information content (AvgIpc) is 2.27. The molecule has 15 heavy (non-hydrogen) atoms. The number of para-hydroxylation sites is 2. The Kier molecular flexibility index (Phi) is 1.97. The number of rotatable bonds is 0. The molecule has 6 heteroatoms. The summed E-state index contributed by atoms with van der Waals surface area (Å²) in [5, 5.41) is 29.3. The molecule has 0 saturated heterocycles. The van der Waals surface area contributed by atoms with Gasteiger partial charge in [0.2, 0.25) is 0 Å². The first-order chi connectivity index (χ1) is 7.16. The Hall–Kier alpha value is -2.23. The van der Waals surface area contributed by atoms with Crippen molar-refractivity contribution < 1.29 is 10.4 Å². The number of nitrogens with two attached hydrogens (primary N) is 1. The standard InChI is InChI=1S/C9H8N4O2/c10-5-8-9(11)13(15)7-4-2-1-3-6(7)12(8)14/h1-4,14-15H,11H2. The third kappa shape index (κ3) is 1.19. The molecule has 0 bridgehead atoms. The van der Waals surface area contributed by atoms with Crippen LogP contribution in [0.2, 0.25) is 0 Å². The number of hydroxylamine groups is 2. The van der Waals surface area contributed by atoms with Crippen molar-refractivity contribution >= 4 is 11.4 Å². The van der Waals surface area contributed by atoms with E-state index in [1.165, 1.54) is 0 Å². The second kappa shape index (κ2) is 3.16. The van der Waals surface area contributed by atoms with E-state index in [9.17, 15) is 10.4 Å². The van der Waals surface area contributed by atoms with E-state index in [4.69, 9.17) is 11.0 Å². The molecule has 2 rings (SSSR count). The molecule has 0 amide bonds. The van der Waals surface area contributed by atoms with Crippen LogP contribution in [0, 0.1) is 11.3 Å². The van der Waals surface area contributed by atoms with Gasteiger partial charge >= 0.3 is 0 Å². The minimum atomic E-state index is -0.212. The number of hydrogen-bond donors (Lipinski definition) is 3. The molecule has 76 valence electrons. The van der Waals surface area contributed by atoms with Crippen LogP contribution in [0.25, 0.3) is 0 Å². The van der Waals surface area contributed by atoms with Gasteiger partial charge in [-0.05, 0) is 12.1 Å². The third-order valence-corrected chi connectivity index (χ3v) is 2.13. The van der Waals surface area contributed by atoms with Gasteiger partial charge in [-0.3, -0.25) is 10.4 Å². The Morgan fingerprint density at radius 2 is 1.67 bits per heavy atom. The number of nitriles is 1. The van der Waals surface area contributed by atoms with Crippen LogP contribution in [0.5, 0.6) is 0 Å². The molecule has 1 aliphatic heterocycles. The van der Waals surface area contributed by atoms with Crippen molar-refractivity contribution in [2.24, 2.45) is 5.73 Å². The molecule has 0 aliphatic carbocycles. The molecule has 0 radical (unpaired) electrons. The molecule has 6 nitrogen and oxygen atoms in total. The molecule has 0 unspecified atom stereocenters. The van der Waals surface area contributed by atoms with E-state index in [-0.39, 0.29) is 11.5 Å². The first-order valence-electron chi connectivity index (χ1n) is 4.13. The molecule has 0 atom stereocenters. The van der Waals surface area contributed by atoms with Crippen LogP contribution in [0.4, 0.5) is 11.4 Å². The van der Waals surface area contributed by atoms with Crippen molar-refractivity contribution in [2.75, 3.05) is 10.1 Å². The van der Waals surface area contributed by atoms with Gasteiger partial charge in [-0.25, -0.2) is 10.1 Å². The van der Waals surface area contributed by atoms with Crippen molar-refractivity contribution in [1.29, 1.82) is 5.26 Å². The molecular weight excluding hydrogens is 196 g/mol. The van der Waals surface area contributed by atoms with E-state index >= 15 is 0 Å². The first kappa shape index (κ1) is 9.33. The zero-order chi connectivity index (χ0) is 11.0. The number of hydrogen-bond acceptors (Lipinski definition) is 6. The summed E-state index contributed by atoms with van der Waals surface area (Å²) in [4.78, 5) is 0. The number of fused-ring (bicyclic) bond motifs is 1. The molecule has 0 aromatic heterocycles. The quantitative estimate of drug-likeness (QED) is 0.576. The van der Waals surface area contributed by atoms with Crippen molar-refractivity contribution in [2.45, 2.75) is 0 Å². The zero-order valence-corrected chi connectivity index (χ0v) is 7.62. The minimum absolute atomic E-state index is 0.210. The maximum Gasteiger partial charge on any atom is 0.189 e. The van der Waals surface area contributed by atoms with Gasteiger partial charge in [-0.1, -0.05) is 12.1 Å². The van der Waals surface area contributed by atoms with Gasteiger partial charge < -0.3 is 5.73 Å². The van der Waals surface area contributed by atoms with Gasteiger partial charge in [-0.2, -0.15) is 5.26 Å². The van der Waals surface area contributed by atoms with Crippen molar-refractivity contribution in [3.63, 3.8) is 0 Å². The predicted molar refractivity (Wildman–Crippen MR) is 51.8 cm³/mol. The van der Waals surface area contributed by atoms with Crippen molar-refractivity contribution in [1.82, 2.24) is 0 Å². The molecule has 0 fully saturated rings. The monoisotopic (exact) mass is 204 g/mol. The van der Waals surface area contributed by atoms with E-state index in [0.717, 1.165) is 0 Å². The van der Waals surface area contributed by atoms with E-state index in [0.29, 0.717) is 21.5 Å². The normalized spacial score (nSPS) is 15.0.